The maximum Gasteiger partial charge on any atom is 0.236 e. The summed E-state index contributed by atoms with van der Waals surface area (Å²) in [6, 6.07) is 10.0. The van der Waals surface area contributed by atoms with E-state index in [0.717, 1.165) is 6.42 Å². The van der Waals surface area contributed by atoms with Gasteiger partial charge in [-0.3, -0.25) is 14.5 Å². The van der Waals surface area contributed by atoms with Crippen molar-refractivity contribution in [1.29, 1.82) is 0 Å². The van der Waals surface area contributed by atoms with E-state index in [9.17, 15) is 9.59 Å². The summed E-state index contributed by atoms with van der Waals surface area (Å²) in [6.07, 6.45) is 0.809. The summed E-state index contributed by atoms with van der Waals surface area (Å²) in [4.78, 5) is 27.5. The Labute approximate surface area is 137 Å². The highest BCUT2D eigenvalue weighted by Gasteiger charge is 2.18. The molecule has 2 amide bonds. The van der Waals surface area contributed by atoms with Crippen molar-refractivity contribution in [2.75, 3.05) is 53.0 Å². The van der Waals surface area contributed by atoms with E-state index in [-0.39, 0.29) is 24.9 Å². The first-order chi connectivity index (χ1) is 11.1. The summed E-state index contributed by atoms with van der Waals surface area (Å²) >= 11 is 0. The first-order valence-electron chi connectivity index (χ1n) is 8.00. The SMILES string of the molecule is CN(CC(=O)NCCc1ccccc1)CC(=O)N1CCOCC1. The number of hydrogen-bond donors (Lipinski definition) is 1. The summed E-state index contributed by atoms with van der Waals surface area (Å²) in [5.41, 5.74) is 1.20. The maximum atomic E-state index is 12.1. The van der Waals surface area contributed by atoms with Crippen LogP contribution in [0.25, 0.3) is 0 Å². The fraction of sp³-hybridized carbons (Fsp3) is 0.529. The largest absolute Gasteiger partial charge is 0.378 e. The van der Waals surface area contributed by atoms with Crippen molar-refractivity contribution in [1.82, 2.24) is 15.1 Å². The predicted molar refractivity (Wildman–Crippen MR) is 88.1 cm³/mol. The number of morpholine rings is 1. The zero-order chi connectivity index (χ0) is 16.5. The molecule has 0 radical (unpaired) electrons. The van der Waals surface area contributed by atoms with Crippen LogP contribution in [0.1, 0.15) is 5.56 Å². The number of hydrogen-bond acceptors (Lipinski definition) is 4. The van der Waals surface area contributed by atoms with Gasteiger partial charge in [-0.1, -0.05) is 30.3 Å². The molecule has 0 atom stereocenters. The van der Waals surface area contributed by atoms with Crippen LogP contribution in [0.3, 0.4) is 0 Å². The quantitative estimate of drug-likeness (QED) is 0.776. The van der Waals surface area contributed by atoms with Crippen LogP contribution < -0.4 is 5.32 Å². The molecule has 1 fully saturated rings. The molecule has 6 heteroatoms. The van der Waals surface area contributed by atoms with Crippen LogP contribution in [0.15, 0.2) is 30.3 Å². The van der Waals surface area contributed by atoms with Crippen molar-refractivity contribution in [2.45, 2.75) is 6.42 Å². The van der Waals surface area contributed by atoms with E-state index in [4.69, 9.17) is 4.74 Å². The number of rotatable bonds is 7. The molecule has 126 valence electrons. The van der Waals surface area contributed by atoms with Gasteiger partial charge in [0.1, 0.15) is 0 Å². The zero-order valence-corrected chi connectivity index (χ0v) is 13.7. The molecule has 0 bridgehead atoms. The Bertz CT molecular complexity index is 501. The van der Waals surface area contributed by atoms with Crippen molar-refractivity contribution < 1.29 is 14.3 Å². The van der Waals surface area contributed by atoms with Gasteiger partial charge >= 0.3 is 0 Å². The number of amides is 2. The van der Waals surface area contributed by atoms with Crippen molar-refractivity contribution in [3.63, 3.8) is 0 Å². The minimum atomic E-state index is -0.0572. The van der Waals surface area contributed by atoms with Gasteiger partial charge in [-0.15, -0.1) is 0 Å². The zero-order valence-electron chi connectivity index (χ0n) is 13.7. The Morgan fingerprint density at radius 2 is 1.87 bits per heavy atom. The molecule has 1 aromatic carbocycles. The minimum Gasteiger partial charge on any atom is -0.378 e. The van der Waals surface area contributed by atoms with Gasteiger partial charge in [-0.25, -0.2) is 0 Å². The lowest BCUT2D eigenvalue weighted by Crippen LogP contribution is -2.46. The highest BCUT2D eigenvalue weighted by molar-refractivity contribution is 5.81. The molecule has 0 spiro atoms. The van der Waals surface area contributed by atoms with Crippen molar-refractivity contribution in [3.8, 4) is 0 Å². The molecule has 1 saturated heterocycles. The van der Waals surface area contributed by atoms with Gasteiger partial charge in [0.05, 0.1) is 26.3 Å². The van der Waals surface area contributed by atoms with Crippen LogP contribution >= 0.6 is 0 Å². The van der Waals surface area contributed by atoms with Crippen molar-refractivity contribution in [3.05, 3.63) is 35.9 Å². The molecule has 0 aliphatic carbocycles. The number of carbonyl (C=O) groups excluding carboxylic acids is 2. The lowest BCUT2D eigenvalue weighted by molar-refractivity contribution is -0.136. The third-order valence-corrected chi connectivity index (χ3v) is 3.76. The molecule has 6 nitrogen and oxygen atoms in total. The van der Waals surface area contributed by atoms with Gasteiger partial charge in [-0.2, -0.15) is 0 Å². The molecule has 23 heavy (non-hydrogen) atoms. The number of benzene rings is 1. The normalized spacial score (nSPS) is 14.8. The van der Waals surface area contributed by atoms with E-state index in [1.807, 2.05) is 30.3 Å². The lowest BCUT2D eigenvalue weighted by atomic mass is 10.1. The minimum absolute atomic E-state index is 0.0490. The van der Waals surface area contributed by atoms with Crippen LogP contribution in [0.4, 0.5) is 0 Å². The third-order valence-electron chi connectivity index (χ3n) is 3.76. The topological polar surface area (TPSA) is 61.9 Å². The smallest absolute Gasteiger partial charge is 0.236 e. The molecule has 0 unspecified atom stereocenters. The molecular weight excluding hydrogens is 294 g/mol. The number of nitrogens with zero attached hydrogens (tertiary/aromatic N) is 2. The predicted octanol–water partition coefficient (Wildman–Crippen LogP) is 0.136. The maximum absolute atomic E-state index is 12.1. The van der Waals surface area contributed by atoms with Crippen LogP contribution in [-0.4, -0.2) is 74.6 Å². The summed E-state index contributed by atoms with van der Waals surface area (Å²) in [7, 11) is 1.79. The number of nitrogens with one attached hydrogen (secondary N) is 1. The molecular formula is C17H25N3O3. The van der Waals surface area contributed by atoms with Crippen LogP contribution in [0, 0.1) is 0 Å². The fourth-order valence-corrected chi connectivity index (χ4v) is 2.49. The monoisotopic (exact) mass is 319 g/mol. The Balaban J connectivity index is 1.63. The lowest BCUT2D eigenvalue weighted by Gasteiger charge is -2.28. The third kappa shape index (κ3) is 6.38. The van der Waals surface area contributed by atoms with Gasteiger partial charge in [0, 0.05) is 19.6 Å². The Morgan fingerprint density at radius 3 is 2.57 bits per heavy atom. The second-order valence-corrected chi connectivity index (χ2v) is 5.75. The second kappa shape index (κ2) is 9.27. The van der Waals surface area contributed by atoms with Gasteiger partial charge in [-0.05, 0) is 19.0 Å². The molecule has 0 aromatic heterocycles. The average molecular weight is 319 g/mol. The summed E-state index contributed by atoms with van der Waals surface area (Å²) < 4.78 is 5.23. The Hall–Kier alpha value is -1.92. The highest BCUT2D eigenvalue weighted by Crippen LogP contribution is 1.99. The van der Waals surface area contributed by atoms with Gasteiger partial charge in [0.2, 0.25) is 11.8 Å². The highest BCUT2D eigenvalue weighted by atomic mass is 16.5. The average Bonchev–Trinajstić information content (AvgIpc) is 2.56. The Morgan fingerprint density at radius 1 is 1.17 bits per heavy atom. The van der Waals surface area contributed by atoms with E-state index in [0.29, 0.717) is 32.8 Å². The second-order valence-electron chi connectivity index (χ2n) is 5.75. The van der Waals surface area contributed by atoms with Gasteiger partial charge < -0.3 is 15.0 Å². The van der Waals surface area contributed by atoms with Gasteiger partial charge in [0.15, 0.2) is 0 Å². The molecule has 1 N–H and O–H groups in total. The molecule has 1 aromatic rings. The van der Waals surface area contributed by atoms with Crippen molar-refractivity contribution in [2.24, 2.45) is 0 Å². The van der Waals surface area contributed by atoms with Crippen LogP contribution in [0.5, 0.6) is 0 Å². The molecule has 0 saturated carbocycles. The van der Waals surface area contributed by atoms with Gasteiger partial charge in [0.25, 0.3) is 0 Å². The first-order valence-corrected chi connectivity index (χ1v) is 8.00. The standard InChI is InChI=1S/C17H25N3O3/c1-19(14-17(22)20-9-11-23-12-10-20)13-16(21)18-8-7-15-5-3-2-4-6-15/h2-6H,7-14H2,1H3,(H,18,21). The number of ether oxygens (including phenoxy) is 1. The fourth-order valence-electron chi connectivity index (χ4n) is 2.49. The van der Waals surface area contributed by atoms with Crippen LogP contribution in [-0.2, 0) is 20.7 Å². The summed E-state index contributed by atoms with van der Waals surface area (Å²) in [6.45, 7) is 3.54. The summed E-state index contributed by atoms with van der Waals surface area (Å²) in [5, 5.41) is 2.89. The Kier molecular flexibility index (Phi) is 7.03. The molecule has 1 heterocycles. The number of likely N-dealkylation sites (N-methyl/N-ethyl adjacent to an activating group) is 1. The molecule has 1 aliphatic rings. The van der Waals surface area contributed by atoms with Crippen LogP contribution in [0.2, 0.25) is 0 Å². The molecule has 1 aliphatic heterocycles. The van der Waals surface area contributed by atoms with E-state index < -0.39 is 0 Å². The molecule has 2 rings (SSSR count). The van der Waals surface area contributed by atoms with E-state index in [1.54, 1.807) is 16.8 Å². The first kappa shape index (κ1) is 17.4. The van der Waals surface area contributed by atoms with E-state index in [2.05, 4.69) is 5.32 Å². The van der Waals surface area contributed by atoms with Crippen molar-refractivity contribution >= 4 is 11.8 Å². The summed E-state index contributed by atoms with van der Waals surface area (Å²) in [5.74, 6) is -0.00825. The number of carbonyl (C=O) groups is 2. The van der Waals surface area contributed by atoms with E-state index in [1.165, 1.54) is 5.56 Å². The van der Waals surface area contributed by atoms with E-state index >= 15 is 0 Å².